The molecule has 1 unspecified atom stereocenters. The van der Waals surface area contributed by atoms with E-state index in [-0.39, 0.29) is 23.0 Å². The molecule has 2 aromatic heterocycles. The van der Waals surface area contributed by atoms with E-state index in [4.69, 9.17) is 23.2 Å². The number of hydrazine groups is 1. The standard InChI is InChI=1S/C19H18BrCl2N7O4/c1-9-7-13(22)24-15(18(31)27-28(2)19(32)33-3)14(9)25-17(30)11-8-12(20)26-29(11)16-10(21)5-4-6-23-16/h4-7,11H,8H2,1-3H3,(H,25,30)(H,27,31). The number of anilines is 2. The van der Waals surface area contributed by atoms with Crippen LogP contribution in [0.2, 0.25) is 10.2 Å². The van der Waals surface area contributed by atoms with Gasteiger partial charge in [0.1, 0.15) is 15.8 Å². The Kier molecular flexibility index (Phi) is 7.72. The van der Waals surface area contributed by atoms with Gasteiger partial charge in [0.2, 0.25) is 5.91 Å². The maximum atomic E-state index is 13.2. The third-order valence-electron chi connectivity index (χ3n) is 4.50. The number of aryl methyl sites for hydroxylation is 1. The predicted octanol–water partition coefficient (Wildman–Crippen LogP) is 3.36. The highest BCUT2D eigenvalue weighted by atomic mass is 79.9. The molecule has 1 aliphatic rings. The number of hydrogen-bond donors (Lipinski definition) is 2. The van der Waals surface area contributed by atoms with E-state index in [2.05, 4.69) is 46.5 Å². The lowest BCUT2D eigenvalue weighted by Gasteiger charge is -2.23. The summed E-state index contributed by atoms with van der Waals surface area (Å²) in [5.74, 6) is -0.966. The summed E-state index contributed by atoms with van der Waals surface area (Å²) in [6.45, 7) is 1.65. The van der Waals surface area contributed by atoms with Crippen LogP contribution in [0.4, 0.5) is 16.3 Å². The van der Waals surface area contributed by atoms with E-state index in [0.29, 0.717) is 21.0 Å². The normalized spacial score (nSPS) is 15.0. The number of ether oxygens (including phenoxy) is 1. The molecule has 0 aromatic carbocycles. The topological polar surface area (TPSA) is 129 Å². The Labute approximate surface area is 207 Å². The van der Waals surface area contributed by atoms with Gasteiger partial charge in [0, 0.05) is 19.7 Å². The zero-order valence-electron chi connectivity index (χ0n) is 17.6. The molecule has 3 rings (SSSR count). The third-order valence-corrected chi connectivity index (χ3v) is 5.47. The Balaban J connectivity index is 1.90. The van der Waals surface area contributed by atoms with Crippen molar-refractivity contribution < 1.29 is 19.1 Å². The summed E-state index contributed by atoms with van der Waals surface area (Å²) in [4.78, 5) is 45.9. The maximum absolute atomic E-state index is 13.2. The first kappa shape index (κ1) is 24.7. The molecule has 0 saturated carbocycles. The van der Waals surface area contributed by atoms with Gasteiger partial charge in [-0.15, -0.1) is 0 Å². The van der Waals surface area contributed by atoms with Crippen molar-refractivity contribution in [3.8, 4) is 0 Å². The molecule has 3 amide bonds. The van der Waals surface area contributed by atoms with Gasteiger partial charge in [-0.2, -0.15) is 5.10 Å². The molecule has 11 nitrogen and oxygen atoms in total. The molecule has 33 heavy (non-hydrogen) atoms. The predicted molar refractivity (Wildman–Crippen MR) is 127 cm³/mol. The number of amides is 3. The Morgan fingerprint density at radius 2 is 2.06 bits per heavy atom. The highest BCUT2D eigenvalue weighted by Gasteiger charge is 2.35. The minimum atomic E-state index is -0.810. The molecular weight excluding hydrogens is 541 g/mol. The fraction of sp³-hybridized carbons (Fsp3) is 0.263. The summed E-state index contributed by atoms with van der Waals surface area (Å²) >= 11 is 15.6. The number of pyridine rings is 2. The largest absolute Gasteiger partial charge is 0.452 e. The van der Waals surface area contributed by atoms with E-state index in [1.165, 1.54) is 31.4 Å². The molecule has 0 saturated heterocycles. The number of rotatable bonds is 4. The first-order valence-corrected chi connectivity index (χ1v) is 10.9. The van der Waals surface area contributed by atoms with E-state index >= 15 is 0 Å². The average molecular weight is 559 g/mol. The van der Waals surface area contributed by atoms with E-state index in [0.717, 1.165) is 5.01 Å². The number of carbonyl (C=O) groups excluding carboxylic acids is 3. The first-order valence-electron chi connectivity index (χ1n) is 9.35. The molecule has 1 atom stereocenters. The van der Waals surface area contributed by atoms with E-state index < -0.39 is 23.9 Å². The van der Waals surface area contributed by atoms with Gasteiger partial charge < -0.3 is 10.1 Å². The molecule has 0 radical (unpaired) electrons. The SMILES string of the molecule is COC(=O)N(C)NC(=O)c1nc(Cl)cc(C)c1NC(=O)C1CC(Br)=NN1c1ncccc1Cl. The van der Waals surface area contributed by atoms with Gasteiger partial charge in [0.25, 0.3) is 5.91 Å². The lowest BCUT2D eigenvalue weighted by atomic mass is 10.1. The number of nitrogens with one attached hydrogen (secondary N) is 2. The zero-order chi connectivity index (χ0) is 24.3. The number of aromatic nitrogens is 2. The number of carbonyl (C=O) groups is 3. The van der Waals surface area contributed by atoms with Crippen molar-refractivity contribution in [2.45, 2.75) is 19.4 Å². The van der Waals surface area contributed by atoms with Crippen LogP contribution >= 0.6 is 39.1 Å². The van der Waals surface area contributed by atoms with Crippen LogP contribution in [0.5, 0.6) is 0 Å². The number of methoxy groups -OCH3 is 1. The van der Waals surface area contributed by atoms with Gasteiger partial charge in [-0.05, 0) is 46.6 Å². The molecule has 0 bridgehead atoms. The summed E-state index contributed by atoms with van der Waals surface area (Å²) < 4.78 is 5.07. The van der Waals surface area contributed by atoms with Crippen LogP contribution in [-0.4, -0.2) is 57.7 Å². The fourth-order valence-corrected chi connectivity index (χ4v) is 3.90. The van der Waals surface area contributed by atoms with Crippen LogP contribution in [-0.2, 0) is 9.53 Å². The lowest BCUT2D eigenvalue weighted by molar-refractivity contribution is -0.117. The smallest absolute Gasteiger partial charge is 0.428 e. The molecule has 0 fully saturated rings. The lowest BCUT2D eigenvalue weighted by Crippen LogP contribution is -2.44. The minimum absolute atomic E-state index is 0.0326. The number of nitrogens with zero attached hydrogens (tertiary/aromatic N) is 5. The molecule has 2 N–H and O–H groups in total. The van der Waals surface area contributed by atoms with Crippen molar-refractivity contribution >= 4 is 73.2 Å². The van der Waals surface area contributed by atoms with Gasteiger partial charge in [0.15, 0.2) is 11.5 Å². The van der Waals surface area contributed by atoms with Crippen molar-refractivity contribution in [1.29, 1.82) is 0 Å². The Bertz CT molecular complexity index is 1150. The zero-order valence-corrected chi connectivity index (χ0v) is 20.7. The van der Waals surface area contributed by atoms with Crippen LogP contribution in [0, 0.1) is 6.92 Å². The molecule has 1 aliphatic heterocycles. The quantitative estimate of drug-likeness (QED) is 0.434. The summed E-state index contributed by atoms with van der Waals surface area (Å²) in [6, 6.07) is 3.98. The molecule has 0 spiro atoms. The molecular formula is C19H18BrCl2N7O4. The van der Waals surface area contributed by atoms with Crippen molar-refractivity contribution in [1.82, 2.24) is 20.4 Å². The average Bonchev–Trinajstić information content (AvgIpc) is 3.16. The number of halogens is 3. The third kappa shape index (κ3) is 5.52. The van der Waals surface area contributed by atoms with Gasteiger partial charge in [0.05, 0.1) is 17.8 Å². The number of hydrazone groups is 1. The Hall–Kier alpha value is -2.96. The molecule has 14 heteroatoms. The van der Waals surface area contributed by atoms with Gasteiger partial charge >= 0.3 is 6.09 Å². The van der Waals surface area contributed by atoms with Gasteiger partial charge in [-0.25, -0.2) is 24.8 Å². The van der Waals surface area contributed by atoms with Crippen LogP contribution in [0.1, 0.15) is 22.5 Å². The van der Waals surface area contributed by atoms with Crippen molar-refractivity contribution in [3.63, 3.8) is 0 Å². The van der Waals surface area contributed by atoms with Gasteiger partial charge in [-0.1, -0.05) is 23.2 Å². The second kappa shape index (κ2) is 10.3. The molecule has 3 heterocycles. The van der Waals surface area contributed by atoms with Gasteiger partial charge in [-0.3, -0.25) is 15.0 Å². The summed E-state index contributed by atoms with van der Waals surface area (Å²) in [6.07, 6.45) is 0.972. The van der Waals surface area contributed by atoms with E-state index in [1.54, 1.807) is 19.1 Å². The highest BCUT2D eigenvalue weighted by molar-refractivity contribution is 9.18. The van der Waals surface area contributed by atoms with E-state index in [1.807, 2.05) is 0 Å². The summed E-state index contributed by atoms with van der Waals surface area (Å²) in [5.41, 5.74) is 2.72. The highest BCUT2D eigenvalue weighted by Crippen LogP contribution is 2.31. The van der Waals surface area contributed by atoms with Crippen LogP contribution in [0.3, 0.4) is 0 Å². The summed E-state index contributed by atoms with van der Waals surface area (Å²) in [5, 5.41) is 9.61. The molecule has 0 aliphatic carbocycles. The van der Waals surface area contributed by atoms with Crippen molar-refractivity contribution in [2.75, 3.05) is 24.5 Å². The first-order chi connectivity index (χ1) is 15.6. The molecule has 2 aromatic rings. The second-order valence-electron chi connectivity index (χ2n) is 6.79. The van der Waals surface area contributed by atoms with Crippen LogP contribution in [0.15, 0.2) is 29.5 Å². The maximum Gasteiger partial charge on any atom is 0.428 e. The second-order valence-corrected chi connectivity index (χ2v) is 8.50. The monoisotopic (exact) mass is 557 g/mol. The fourth-order valence-electron chi connectivity index (χ4n) is 2.97. The van der Waals surface area contributed by atoms with Crippen molar-refractivity contribution in [3.05, 3.63) is 45.8 Å². The Morgan fingerprint density at radius 1 is 1.33 bits per heavy atom. The van der Waals surface area contributed by atoms with Crippen LogP contribution < -0.4 is 15.8 Å². The van der Waals surface area contributed by atoms with Crippen LogP contribution in [0.25, 0.3) is 0 Å². The Morgan fingerprint density at radius 3 is 2.73 bits per heavy atom. The van der Waals surface area contributed by atoms with E-state index in [9.17, 15) is 14.4 Å². The molecule has 174 valence electrons. The van der Waals surface area contributed by atoms with Crippen molar-refractivity contribution in [2.24, 2.45) is 5.10 Å². The minimum Gasteiger partial charge on any atom is -0.452 e. The number of hydrogen-bond acceptors (Lipinski definition) is 8. The summed E-state index contributed by atoms with van der Waals surface area (Å²) in [7, 11) is 2.46.